The van der Waals surface area contributed by atoms with Gasteiger partial charge in [-0.25, -0.2) is 4.98 Å². The van der Waals surface area contributed by atoms with Gasteiger partial charge in [-0.2, -0.15) is 0 Å². The van der Waals surface area contributed by atoms with Crippen LogP contribution in [0.5, 0.6) is 0 Å². The molecule has 0 N–H and O–H groups in total. The molecule has 0 fully saturated rings. The molecule has 0 spiro atoms. The van der Waals surface area contributed by atoms with E-state index < -0.39 is 0 Å². The van der Waals surface area contributed by atoms with Crippen molar-refractivity contribution in [2.75, 3.05) is 0 Å². The van der Waals surface area contributed by atoms with Gasteiger partial charge in [-0.1, -0.05) is 60.7 Å². The molecule has 2 heterocycles. The average Bonchev–Trinajstić information content (AvgIpc) is 2.72. The first-order valence-electron chi connectivity index (χ1n) is 8.90. The Morgan fingerprint density at radius 2 is 1.48 bits per heavy atom. The first-order valence-corrected chi connectivity index (χ1v) is 8.90. The van der Waals surface area contributed by atoms with Crippen LogP contribution >= 0.6 is 0 Å². The monoisotopic (exact) mass is 348 g/mol. The van der Waals surface area contributed by atoms with Crippen molar-refractivity contribution < 1.29 is 4.79 Å². The lowest BCUT2D eigenvalue weighted by atomic mass is 9.95. The number of hydrogen-bond acceptors (Lipinski definition) is 3. The molecule has 0 amide bonds. The van der Waals surface area contributed by atoms with Gasteiger partial charge in [-0.3, -0.25) is 9.78 Å². The maximum absolute atomic E-state index is 12.0. The van der Waals surface area contributed by atoms with Crippen LogP contribution in [-0.4, -0.2) is 15.8 Å². The van der Waals surface area contributed by atoms with Crippen molar-refractivity contribution in [3.05, 3.63) is 84.6 Å². The standard InChI is InChI=1S/C24H16N2O/c1-15(27)18-11-12-21(20-7-3-2-6-19(18)20)22-13-10-17-9-8-16-5-4-14-25-23(16)24(17)26-22/h2-14H,1H3. The van der Waals surface area contributed by atoms with Crippen molar-refractivity contribution in [2.45, 2.75) is 6.92 Å². The summed E-state index contributed by atoms with van der Waals surface area (Å²) in [5.74, 6) is 0.0689. The molecule has 0 saturated carbocycles. The summed E-state index contributed by atoms with van der Waals surface area (Å²) in [5, 5.41) is 4.13. The third kappa shape index (κ3) is 2.48. The van der Waals surface area contributed by atoms with Gasteiger partial charge in [-0.15, -0.1) is 0 Å². The van der Waals surface area contributed by atoms with Gasteiger partial charge in [0.2, 0.25) is 0 Å². The van der Waals surface area contributed by atoms with Gasteiger partial charge >= 0.3 is 0 Å². The Bertz CT molecular complexity index is 1360. The van der Waals surface area contributed by atoms with Crippen molar-refractivity contribution in [1.29, 1.82) is 0 Å². The average molecular weight is 348 g/mol. The van der Waals surface area contributed by atoms with Gasteiger partial charge in [0, 0.05) is 28.1 Å². The number of aromatic nitrogens is 2. The van der Waals surface area contributed by atoms with E-state index in [1.54, 1.807) is 13.1 Å². The van der Waals surface area contributed by atoms with Crippen LogP contribution in [0.25, 0.3) is 43.8 Å². The Morgan fingerprint density at radius 3 is 2.30 bits per heavy atom. The molecule has 0 radical (unpaired) electrons. The van der Waals surface area contributed by atoms with Crippen molar-refractivity contribution in [3.63, 3.8) is 0 Å². The fraction of sp³-hybridized carbons (Fsp3) is 0.0417. The highest BCUT2D eigenvalue weighted by Crippen LogP contribution is 2.32. The van der Waals surface area contributed by atoms with Crippen LogP contribution in [-0.2, 0) is 0 Å². The topological polar surface area (TPSA) is 42.9 Å². The molecule has 3 aromatic carbocycles. The summed E-state index contributed by atoms with van der Waals surface area (Å²) in [6.07, 6.45) is 1.80. The summed E-state index contributed by atoms with van der Waals surface area (Å²) in [7, 11) is 0. The molecule has 0 aliphatic rings. The molecule has 3 heteroatoms. The summed E-state index contributed by atoms with van der Waals surface area (Å²) in [6, 6.07) is 24.1. The van der Waals surface area contributed by atoms with E-state index in [0.717, 1.165) is 49.4 Å². The van der Waals surface area contributed by atoms with Crippen LogP contribution in [0.4, 0.5) is 0 Å². The lowest BCUT2D eigenvalue weighted by Gasteiger charge is -2.11. The lowest BCUT2D eigenvalue weighted by molar-refractivity contribution is 0.101. The first-order chi connectivity index (χ1) is 13.2. The van der Waals surface area contributed by atoms with Crippen LogP contribution in [0.15, 0.2) is 79.0 Å². The fourth-order valence-corrected chi connectivity index (χ4v) is 3.70. The Labute approximate surface area is 156 Å². The highest BCUT2D eigenvalue weighted by atomic mass is 16.1. The summed E-state index contributed by atoms with van der Waals surface area (Å²) < 4.78 is 0. The van der Waals surface area contributed by atoms with E-state index in [-0.39, 0.29) is 5.78 Å². The second kappa shape index (κ2) is 5.99. The van der Waals surface area contributed by atoms with Crippen LogP contribution in [0.2, 0.25) is 0 Å². The molecule has 0 unspecified atom stereocenters. The van der Waals surface area contributed by atoms with Crippen LogP contribution in [0.1, 0.15) is 17.3 Å². The minimum atomic E-state index is 0.0689. The number of fused-ring (bicyclic) bond motifs is 4. The molecule has 3 nitrogen and oxygen atoms in total. The highest BCUT2D eigenvalue weighted by Gasteiger charge is 2.12. The van der Waals surface area contributed by atoms with Gasteiger partial charge < -0.3 is 0 Å². The van der Waals surface area contributed by atoms with Gasteiger partial charge in [-0.05, 0) is 29.8 Å². The Hall–Kier alpha value is -3.59. The lowest BCUT2D eigenvalue weighted by Crippen LogP contribution is -1.96. The molecule has 0 bridgehead atoms. The van der Waals surface area contributed by atoms with E-state index in [0.29, 0.717) is 0 Å². The molecule has 5 rings (SSSR count). The van der Waals surface area contributed by atoms with Gasteiger partial charge in [0.25, 0.3) is 0 Å². The molecule has 27 heavy (non-hydrogen) atoms. The SMILES string of the molecule is CC(=O)c1ccc(-c2ccc3ccc4cccnc4c3n2)c2ccccc12. The number of rotatable bonds is 2. The summed E-state index contributed by atoms with van der Waals surface area (Å²) >= 11 is 0. The van der Waals surface area contributed by atoms with Crippen molar-refractivity contribution in [3.8, 4) is 11.3 Å². The summed E-state index contributed by atoms with van der Waals surface area (Å²) in [6.45, 7) is 1.60. The minimum absolute atomic E-state index is 0.0689. The molecular weight excluding hydrogens is 332 g/mol. The smallest absolute Gasteiger partial charge is 0.160 e. The molecule has 2 aromatic heterocycles. The molecule has 0 saturated heterocycles. The fourth-order valence-electron chi connectivity index (χ4n) is 3.70. The zero-order valence-corrected chi connectivity index (χ0v) is 14.8. The number of Topliss-reactive ketones (excluding diaryl/α,β-unsaturated/α-hetero) is 1. The highest BCUT2D eigenvalue weighted by molar-refractivity contribution is 6.11. The number of hydrogen-bond donors (Lipinski definition) is 0. The van der Waals surface area contributed by atoms with E-state index in [4.69, 9.17) is 4.98 Å². The Morgan fingerprint density at radius 1 is 0.741 bits per heavy atom. The number of ketones is 1. The van der Waals surface area contributed by atoms with Crippen LogP contribution in [0, 0.1) is 0 Å². The van der Waals surface area contributed by atoms with Gasteiger partial charge in [0.15, 0.2) is 5.78 Å². The van der Waals surface area contributed by atoms with E-state index >= 15 is 0 Å². The van der Waals surface area contributed by atoms with E-state index in [2.05, 4.69) is 23.2 Å². The largest absolute Gasteiger partial charge is 0.294 e. The number of benzene rings is 3. The van der Waals surface area contributed by atoms with Crippen LogP contribution in [0.3, 0.4) is 0 Å². The molecule has 128 valence electrons. The maximum atomic E-state index is 12.0. The third-order valence-corrected chi connectivity index (χ3v) is 5.01. The Balaban J connectivity index is 1.83. The number of carbonyl (C=O) groups excluding carboxylic acids is 1. The minimum Gasteiger partial charge on any atom is -0.294 e. The zero-order chi connectivity index (χ0) is 18.4. The normalized spacial score (nSPS) is 11.3. The molecule has 0 aliphatic heterocycles. The second-order valence-corrected chi connectivity index (χ2v) is 6.67. The second-order valence-electron chi connectivity index (χ2n) is 6.67. The number of nitrogens with zero attached hydrogens (tertiary/aromatic N) is 2. The molecule has 0 atom stereocenters. The van der Waals surface area contributed by atoms with Crippen molar-refractivity contribution in [2.24, 2.45) is 0 Å². The quantitative estimate of drug-likeness (QED) is 0.299. The van der Waals surface area contributed by atoms with Gasteiger partial charge in [0.1, 0.15) is 0 Å². The van der Waals surface area contributed by atoms with Gasteiger partial charge in [0.05, 0.1) is 16.7 Å². The maximum Gasteiger partial charge on any atom is 0.160 e. The predicted octanol–water partition coefficient (Wildman–Crippen LogP) is 5.81. The zero-order valence-electron chi connectivity index (χ0n) is 14.8. The van der Waals surface area contributed by atoms with Crippen molar-refractivity contribution >= 4 is 38.4 Å². The third-order valence-electron chi connectivity index (χ3n) is 5.01. The van der Waals surface area contributed by atoms with E-state index in [9.17, 15) is 4.79 Å². The Kier molecular flexibility index (Phi) is 3.47. The van der Waals surface area contributed by atoms with E-state index in [1.807, 2.05) is 54.6 Å². The molecule has 0 aliphatic carbocycles. The number of pyridine rings is 2. The predicted molar refractivity (Wildman–Crippen MR) is 110 cm³/mol. The van der Waals surface area contributed by atoms with E-state index in [1.165, 1.54) is 0 Å². The first kappa shape index (κ1) is 15.6. The molecular formula is C24H16N2O. The number of carbonyl (C=O) groups is 1. The summed E-state index contributed by atoms with van der Waals surface area (Å²) in [4.78, 5) is 21.5. The molecule has 5 aromatic rings. The van der Waals surface area contributed by atoms with Crippen LogP contribution < -0.4 is 0 Å². The van der Waals surface area contributed by atoms with Crippen molar-refractivity contribution in [1.82, 2.24) is 9.97 Å². The summed E-state index contributed by atoms with van der Waals surface area (Å²) in [5.41, 5.74) is 4.44.